The van der Waals surface area contributed by atoms with Crippen LogP contribution >= 0.6 is 0 Å². The summed E-state index contributed by atoms with van der Waals surface area (Å²) in [7, 11) is 0. The van der Waals surface area contributed by atoms with E-state index in [4.69, 9.17) is 5.41 Å². The molecule has 0 saturated carbocycles. The molecule has 1 aromatic heterocycles. The molecule has 0 aliphatic heterocycles. The molecule has 0 atom stereocenters. The Bertz CT molecular complexity index is 387. The summed E-state index contributed by atoms with van der Waals surface area (Å²) in [6, 6.07) is 7.92. The number of fused-ring (bicyclic) bond motifs is 1. The van der Waals surface area contributed by atoms with Crippen molar-refractivity contribution in [3.63, 3.8) is 0 Å². The summed E-state index contributed by atoms with van der Waals surface area (Å²) in [6.07, 6.45) is 3.25. The van der Waals surface area contributed by atoms with Crippen LogP contribution in [0.1, 0.15) is 5.56 Å². The summed E-state index contributed by atoms with van der Waals surface area (Å²) >= 11 is 0. The Hall–Kier alpha value is -1.57. The van der Waals surface area contributed by atoms with Gasteiger partial charge in [-0.15, -0.1) is 0 Å². The molecule has 0 saturated heterocycles. The van der Waals surface area contributed by atoms with Crippen molar-refractivity contribution in [1.82, 2.24) is 4.98 Å². The van der Waals surface area contributed by atoms with E-state index in [0.717, 1.165) is 11.1 Å². The highest BCUT2D eigenvalue weighted by Crippen LogP contribution is 2.12. The van der Waals surface area contributed by atoms with Crippen LogP contribution in [0.25, 0.3) is 10.9 Å². The van der Waals surface area contributed by atoms with Gasteiger partial charge in [0.2, 0.25) is 0 Å². The molecule has 11 heavy (non-hydrogen) atoms. The molecule has 2 heteroatoms. The van der Waals surface area contributed by atoms with Crippen LogP contribution in [0.3, 0.4) is 0 Å². The van der Waals surface area contributed by atoms with Crippen molar-refractivity contribution in [3.05, 3.63) is 36.0 Å². The van der Waals surface area contributed by atoms with E-state index in [9.17, 15) is 0 Å². The Morgan fingerprint density at radius 1 is 1.27 bits per heavy atom. The average Bonchev–Trinajstić information content (AvgIpc) is 2.50. The largest absolute Gasteiger partial charge is 0.361 e. The second-order valence-electron chi connectivity index (χ2n) is 2.47. The topological polar surface area (TPSA) is 39.6 Å². The van der Waals surface area contributed by atoms with Crippen LogP contribution in [0.15, 0.2) is 30.5 Å². The molecule has 0 fully saturated rings. The molecular weight excluding hydrogens is 136 g/mol. The third-order valence-corrected chi connectivity index (χ3v) is 1.75. The third-order valence-electron chi connectivity index (χ3n) is 1.75. The van der Waals surface area contributed by atoms with Crippen molar-refractivity contribution in [1.29, 1.82) is 5.41 Å². The maximum Gasteiger partial charge on any atom is 0.0460 e. The van der Waals surface area contributed by atoms with Crippen LogP contribution in [-0.2, 0) is 0 Å². The van der Waals surface area contributed by atoms with Gasteiger partial charge >= 0.3 is 0 Å². The van der Waals surface area contributed by atoms with Crippen LogP contribution in [0.5, 0.6) is 0 Å². The lowest BCUT2D eigenvalue weighted by Gasteiger charge is -1.91. The van der Waals surface area contributed by atoms with Gasteiger partial charge in [-0.05, 0) is 23.1 Å². The van der Waals surface area contributed by atoms with Gasteiger partial charge in [0.05, 0.1) is 0 Å². The zero-order chi connectivity index (χ0) is 7.68. The molecule has 0 radical (unpaired) electrons. The molecule has 2 nitrogen and oxygen atoms in total. The number of nitrogens with one attached hydrogen (secondary N) is 2. The van der Waals surface area contributed by atoms with Crippen LogP contribution in [-0.4, -0.2) is 11.2 Å². The number of H-pyrrole nitrogens is 1. The first-order valence-electron chi connectivity index (χ1n) is 3.48. The van der Waals surface area contributed by atoms with E-state index >= 15 is 0 Å². The number of hydrogen-bond acceptors (Lipinski definition) is 1. The minimum absolute atomic E-state index is 0.931. The summed E-state index contributed by atoms with van der Waals surface area (Å²) < 4.78 is 0. The average molecular weight is 144 g/mol. The standard InChI is InChI=1S/C9H8N2/c10-6-7-1-2-8-3-4-11-9(8)5-7/h1-6,10-11H. The Morgan fingerprint density at radius 3 is 3.00 bits per heavy atom. The second-order valence-corrected chi connectivity index (χ2v) is 2.47. The molecule has 2 aromatic rings. The molecule has 1 aromatic carbocycles. The van der Waals surface area contributed by atoms with Gasteiger partial charge in [0, 0.05) is 17.9 Å². The molecule has 0 spiro atoms. The predicted octanol–water partition coefficient (Wildman–Crippen LogP) is 2.17. The Balaban J connectivity index is 2.76. The summed E-state index contributed by atoms with van der Waals surface area (Å²) in [5, 5.41) is 8.22. The SMILES string of the molecule is N=Cc1ccc2cc[nH]c2c1. The van der Waals surface area contributed by atoms with Gasteiger partial charge in [0.1, 0.15) is 0 Å². The van der Waals surface area contributed by atoms with Gasteiger partial charge < -0.3 is 10.4 Å². The minimum atomic E-state index is 0.931. The smallest absolute Gasteiger partial charge is 0.0460 e. The second kappa shape index (κ2) is 2.23. The molecule has 2 N–H and O–H groups in total. The van der Waals surface area contributed by atoms with Crippen LogP contribution in [0.4, 0.5) is 0 Å². The summed E-state index contributed by atoms with van der Waals surface area (Å²) in [5.41, 5.74) is 2.02. The Kier molecular flexibility index (Phi) is 1.25. The molecule has 0 amide bonds. The molecule has 0 aliphatic rings. The van der Waals surface area contributed by atoms with Crippen molar-refractivity contribution in [3.8, 4) is 0 Å². The quantitative estimate of drug-likeness (QED) is 0.576. The van der Waals surface area contributed by atoms with Crippen molar-refractivity contribution in [2.24, 2.45) is 0 Å². The Morgan fingerprint density at radius 2 is 2.18 bits per heavy atom. The van der Waals surface area contributed by atoms with Gasteiger partial charge in [0.15, 0.2) is 0 Å². The first-order chi connectivity index (χ1) is 5.40. The highest BCUT2D eigenvalue weighted by atomic mass is 14.7. The highest BCUT2D eigenvalue weighted by Gasteiger charge is 1.92. The minimum Gasteiger partial charge on any atom is -0.361 e. The summed E-state index contributed by atoms with van der Waals surface area (Å²) in [4.78, 5) is 3.09. The molecule has 0 aliphatic carbocycles. The molecule has 0 bridgehead atoms. The van der Waals surface area contributed by atoms with Gasteiger partial charge in [-0.25, -0.2) is 0 Å². The van der Waals surface area contributed by atoms with Crippen LogP contribution in [0, 0.1) is 5.41 Å². The first-order valence-corrected chi connectivity index (χ1v) is 3.48. The lowest BCUT2D eigenvalue weighted by atomic mass is 10.2. The fraction of sp³-hybridized carbons (Fsp3) is 0. The fourth-order valence-corrected chi connectivity index (χ4v) is 1.16. The number of aromatic nitrogens is 1. The van der Waals surface area contributed by atoms with Crippen molar-refractivity contribution in [2.45, 2.75) is 0 Å². The molecule has 1 heterocycles. The predicted molar refractivity (Wildman–Crippen MR) is 46.2 cm³/mol. The normalized spacial score (nSPS) is 10.2. The van der Waals surface area contributed by atoms with E-state index in [1.54, 1.807) is 0 Å². The zero-order valence-electron chi connectivity index (χ0n) is 5.96. The van der Waals surface area contributed by atoms with Crippen LogP contribution in [0.2, 0.25) is 0 Å². The van der Waals surface area contributed by atoms with Crippen LogP contribution < -0.4 is 0 Å². The summed E-state index contributed by atoms with van der Waals surface area (Å²) in [6.45, 7) is 0. The first kappa shape index (κ1) is 6.16. The Labute approximate surface area is 64.4 Å². The van der Waals surface area contributed by atoms with Crippen molar-refractivity contribution in [2.75, 3.05) is 0 Å². The monoisotopic (exact) mass is 144 g/mol. The van der Waals surface area contributed by atoms with E-state index in [0.29, 0.717) is 0 Å². The van der Waals surface area contributed by atoms with Gasteiger partial charge in [-0.3, -0.25) is 0 Å². The van der Waals surface area contributed by atoms with Gasteiger partial charge in [-0.1, -0.05) is 12.1 Å². The maximum absolute atomic E-state index is 7.03. The van der Waals surface area contributed by atoms with Crippen molar-refractivity contribution < 1.29 is 0 Å². The third kappa shape index (κ3) is 0.923. The number of hydrogen-bond donors (Lipinski definition) is 2. The van der Waals surface area contributed by atoms with E-state index in [1.807, 2.05) is 30.5 Å². The fourth-order valence-electron chi connectivity index (χ4n) is 1.16. The van der Waals surface area contributed by atoms with E-state index < -0.39 is 0 Å². The number of benzene rings is 1. The highest BCUT2D eigenvalue weighted by molar-refractivity contribution is 5.87. The molecule has 2 rings (SSSR count). The van der Waals surface area contributed by atoms with E-state index in [2.05, 4.69) is 4.98 Å². The van der Waals surface area contributed by atoms with E-state index in [1.165, 1.54) is 11.6 Å². The molecular formula is C9H8N2. The zero-order valence-corrected chi connectivity index (χ0v) is 5.96. The lowest BCUT2D eigenvalue weighted by Crippen LogP contribution is -1.77. The van der Waals surface area contributed by atoms with Gasteiger partial charge in [-0.2, -0.15) is 0 Å². The van der Waals surface area contributed by atoms with Crippen molar-refractivity contribution >= 4 is 17.1 Å². The van der Waals surface area contributed by atoms with Gasteiger partial charge in [0.25, 0.3) is 0 Å². The van der Waals surface area contributed by atoms with E-state index in [-0.39, 0.29) is 0 Å². The maximum atomic E-state index is 7.03. The number of rotatable bonds is 1. The molecule has 0 unspecified atom stereocenters. The summed E-state index contributed by atoms with van der Waals surface area (Å²) in [5.74, 6) is 0. The number of aromatic amines is 1. The lowest BCUT2D eigenvalue weighted by molar-refractivity contribution is 1.47. The molecule has 54 valence electrons.